The molecule has 2 unspecified atom stereocenters. The van der Waals surface area contributed by atoms with Crippen LogP contribution < -0.4 is 4.90 Å². The number of amides is 1. The molecule has 5 heteroatoms. The smallest absolute Gasteiger partial charge is 0.243 e. The van der Waals surface area contributed by atoms with E-state index in [1.54, 1.807) is 18.0 Å². The van der Waals surface area contributed by atoms with E-state index in [0.29, 0.717) is 11.6 Å². The summed E-state index contributed by atoms with van der Waals surface area (Å²) in [5, 5.41) is 10.2. The van der Waals surface area contributed by atoms with Gasteiger partial charge in [0.1, 0.15) is 0 Å². The summed E-state index contributed by atoms with van der Waals surface area (Å²) in [6, 6.07) is 15.1. The van der Waals surface area contributed by atoms with Crippen LogP contribution in [0.1, 0.15) is 24.1 Å². The van der Waals surface area contributed by atoms with E-state index >= 15 is 0 Å². The Balaban J connectivity index is 2.25. The van der Waals surface area contributed by atoms with Crippen molar-refractivity contribution in [2.75, 3.05) is 25.1 Å². The van der Waals surface area contributed by atoms with Gasteiger partial charge in [-0.25, -0.2) is 0 Å². The Morgan fingerprint density at radius 3 is 2.54 bits per heavy atom. The molecule has 0 spiro atoms. The number of anilines is 1. The molecule has 0 aliphatic carbocycles. The number of benzene rings is 2. The first-order chi connectivity index (χ1) is 11.5. The molecule has 1 aliphatic heterocycles. The Hall–Kier alpha value is -1.88. The Bertz CT molecular complexity index is 735. The minimum Gasteiger partial charge on any atom is -0.395 e. The number of rotatable bonds is 3. The van der Waals surface area contributed by atoms with Crippen molar-refractivity contribution in [3.63, 3.8) is 0 Å². The van der Waals surface area contributed by atoms with E-state index in [4.69, 9.17) is 11.6 Å². The summed E-state index contributed by atoms with van der Waals surface area (Å²) >= 11 is 6.26. The summed E-state index contributed by atoms with van der Waals surface area (Å²) in [5.41, 5.74) is 2.90. The highest BCUT2D eigenvalue weighted by Crippen LogP contribution is 2.40. The fourth-order valence-electron chi connectivity index (χ4n) is 3.44. The van der Waals surface area contributed by atoms with Crippen molar-refractivity contribution in [2.45, 2.75) is 19.0 Å². The van der Waals surface area contributed by atoms with E-state index in [0.717, 1.165) is 16.8 Å². The molecule has 24 heavy (non-hydrogen) atoms. The van der Waals surface area contributed by atoms with Gasteiger partial charge >= 0.3 is 0 Å². The first-order valence-corrected chi connectivity index (χ1v) is 8.41. The maximum absolute atomic E-state index is 12.8. The van der Waals surface area contributed by atoms with Gasteiger partial charge in [-0.05, 0) is 36.2 Å². The van der Waals surface area contributed by atoms with E-state index in [1.807, 2.05) is 54.3 Å². The lowest BCUT2D eigenvalue weighted by atomic mass is 9.95. The molecule has 0 saturated heterocycles. The van der Waals surface area contributed by atoms with Crippen molar-refractivity contribution in [3.8, 4) is 0 Å². The van der Waals surface area contributed by atoms with E-state index in [9.17, 15) is 9.90 Å². The van der Waals surface area contributed by atoms with Gasteiger partial charge in [-0.15, -0.1) is 0 Å². The van der Waals surface area contributed by atoms with Crippen molar-refractivity contribution in [2.24, 2.45) is 0 Å². The summed E-state index contributed by atoms with van der Waals surface area (Å²) in [5.74, 6) is 0.00505. The molecular weight excluding hydrogens is 324 g/mol. The second kappa shape index (κ2) is 6.93. The van der Waals surface area contributed by atoms with Gasteiger partial charge in [0.25, 0.3) is 0 Å². The van der Waals surface area contributed by atoms with Crippen molar-refractivity contribution in [1.82, 2.24) is 4.90 Å². The highest BCUT2D eigenvalue weighted by Gasteiger charge is 2.37. The Kier molecular flexibility index (Phi) is 4.90. The summed E-state index contributed by atoms with van der Waals surface area (Å²) in [7, 11) is 1.79. The molecule has 1 amide bonds. The number of halogens is 1. The maximum atomic E-state index is 12.8. The number of hydrogen-bond acceptors (Lipinski definition) is 3. The van der Waals surface area contributed by atoms with E-state index in [2.05, 4.69) is 0 Å². The number of aliphatic hydroxyl groups is 1. The molecule has 0 fully saturated rings. The number of nitrogens with zero attached hydrogens (tertiary/aromatic N) is 2. The highest BCUT2D eigenvalue weighted by atomic mass is 35.5. The third-order valence-corrected chi connectivity index (χ3v) is 4.87. The Labute approximate surface area is 147 Å². The predicted octanol–water partition coefficient (Wildman–Crippen LogP) is 3.09. The number of aliphatic hydroxyl groups excluding tert-OH is 1. The maximum Gasteiger partial charge on any atom is 0.243 e. The first kappa shape index (κ1) is 17.0. The monoisotopic (exact) mass is 344 g/mol. The molecule has 2 aromatic carbocycles. The van der Waals surface area contributed by atoms with Crippen LogP contribution in [0.3, 0.4) is 0 Å². The Morgan fingerprint density at radius 2 is 1.88 bits per heavy atom. The van der Waals surface area contributed by atoms with Crippen LogP contribution in [-0.4, -0.2) is 42.2 Å². The van der Waals surface area contributed by atoms with E-state index < -0.39 is 0 Å². The molecule has 2 aromatic rings. The lowest BCUT2D eigenvalue weighted by molar-refractivity contribution is -0.123. The molecule has 2 atom stereocenters. The summed E-state index contributed by atoms with van der Waals surface area (Å²) in [6.45, 7) is 2.28. The SMILES string of the molecule is CC1C(=O)N(C)c2ccc(Cl)cc2C(c2ccccc2)N1CCO. The topological polar surface area (TPSA) is 43.8 Å². The zero-order valence-corrected chi connectivity index (χ0v) is 14.6. The van der Waals surface area contributed by atoms with Crippen LogP contribution in [0.25, 0.3) is 0 Å². The summed E-state index contributed by atoms with van der Waals surface area (Å²) in [4.78, 5) is 16.5. The molecular formula is C19H21ClN2O2. The van der Waals surface area contributed by atoms with Crippen LogP contribution in [0.2, 0.25) is 5.02 Å². The minimum atomic E-state index is -0.349. The quantitative estimate of drug-likeness (QED) is 0.930. The van der Waals surface area contributed by atoms with Gasteiger partial charge in [-0.1, -0.05) is 41.9 Å². The fourth-order valence-corrected chi connectivity index (χ4v) is 3.62. The van der Waals surface area contributed by atoms with Gasteiger partial charge in [0.15, 0.2) is 0 Å². The van der Waals surface area contributed by atoms with Gasteiger partial charge < -0.3 is 10.0 Å². The molecule has 3 rings (SSSR count). The number of likely N-dealkylation sites (N-methyl/N-ethyl adjacent to an activating group) is 1. The van der Waals surface area contributed by atoms with E-state index in [1.165, 1.54) is 0 Å². The van der Waals surface area contributed by atoms with Crippen LogP contribution in [-0.2, 0) is 4.79 Å². The fraction of sp³-hybridized carbons (Fsp3) is 0.316. The molecule has 1 N–H and O–H groups in total. The molecule has 0 saturated carbocycles. The van der Waals surface area contributed by atoms with Crippen LogP contribution >= 0.6 is 11.6 Å². The van der Waals surface area contributed by atoms with Crippen LogP contribution in [0, 0.1) is 0 Å². The minimum absolute atomic E-state index is 0.00505. The summed E-state index contributed by atoms with van der Waals surface area (Å²) < 4.78 is 0. The lowest BCUT2D eigenvalue weighted by Crippen LogP contribution is -2.46. The van der Waals surface area contributed by atoms with Gasteiger partial charge in [-0.3, -0.25) is 9.69 Å². The molecule has 0 radical (unpaired) electrons. The largest absolute Gasteiger partial charge is 0.395 e. The summed E-state index contributed by atoms with van der Waals surface area (Å²) in [6.07, 6.45) is 0. The van der Waals surface area contributed by atoms with Gasteiger partial charge in [0.2, 0.25) is 5.91 Å². The third-order valence-electron chi connectivity index (χ3n) is 4.64. The highest BCUT2D eigenvalue weighted by molar-refractivity contribution is 6.30. The second-order valence-electron chi connectivity index (χ2n) is 6.05. The van der Waals surface area contributed by atoms with Crippen LogP contribution in [0.4, 0.5) is 5.69 Å². The number of hydrogen-bond donors (Lipinski definition) is 1. The molecule has 126 valence electrons. The zero-order chi connectivity index (χ0) is 17.3. The average Bonchev–Trinajstić information content (AvgIpc) is 2.66. The first-order valence-electron chi connectivity index (χ1n) is 8.03. The van der Waals surface area contributed by atoms with Gasteiger partial charge in [-0.2, -0.15) is 0 Å². The average molecular weight is 345 g/mol. The van der Waals surface area contributed by atoms with Gasteiger partial charge in [0, 0.05) is 24.3 Å². The van der Waals surface area contributed by atoms with Crippen LogP contribution in [0.15, 0.2) is 48.5 Å². The standard InChI is InChI=1S/C19H21ClN2O2/c1-13-19(24)21(2)17-9-8-15(20)12-16(17)18(22(13)10-11-23)14-6-4-3-5-7-14/h3-9,12-13,18,23H,10-11H2,1-2H3. The van der Waals surface area contributed by atoms with Crippen molar-refractivity contribution in [3.05, 3.63) is 64.7 Å². The Morgan fingerprint density at radius 1 is 1.17 bits per heavy atom. The molecule has 4 nitrogen and oxygen atoms in total. The van der Waals surface area contributed by atoms with Crippen molar-refractivity contribution < 1.29 is 9.90 Å². The van der Waals surface area contributed by atoms with Gasteiger partial charge in [0.05, 0.1) is 18.7 Å². The third kappa shape index (κ3) is 2.93. The second-order valence-corrected chi connectivity index (χ2v) is 6.49. The number of β-amino-alcohol motifs (C(OH)–C–C–N with tert-alkyl or cyclic N) is 1. The van der Waals surface area contributed by atoms with E-state index in [-0.39, 0.29) is 24.6 Å². The van der Waals surface area contributed by atoms with Crippen LogP contribution in [0.5, 0.6) is 0 Å². The van der Waals surface area contributed by atoms with Crippen molar-refractivity contribution in [1.29, 1.82) is 0 Å². The normalized spacial score (nSPS) is 21.5. The number of carbonyl (C=O) groups is 1. The van der Waals surface area contributed by atoms with Crippen molar-refractivity contribution >= 4 is 23.2 Å². The molecule has 0 bridgehead atoms. The number of carbonyl (C=O) groups excluding carboxylic acids is 1. The molecule has 0 aromatic heterocycles. The zero-order valence-electron chi connectivity index (χ0n) is 13.8. The molecule has 1 aliphatic rings. The molecule has 1 heterocycles. The predicted molar refractivity (Wildman–Crippen MR) is 96.4 cm³/mol. The lowest BCUT2D eigenvalue weighted by Gasteiger charge is -2.33. The number of fused-ring (bicyclic) bond motifs is 1.